The molecule has 0 aliphatic heterocycles. The number of carbonyl (C=O) groups excluding carboxylic acids is 1. The minimum absolute atomic E-state index is 0.0500. The van der Waals surface area contributed by atoms with Crippen molar-refractivity contribution in [3.05, 3.63) is 54.1 Å². The van der Waals surface area contributed by atoms with Crippen LogP contribution in [0.4, 0.5) is 4.79 Å². The van der Waals surface area contributed by atoms with E-state index >= 15 is 0 Å². The van der Waals surface area contributed by atoms with E-state index in [0.29, 0.717) is 18.7 Å². The van der Waals surface area contributed by atoms with Crippen molar-refractivity contribution < 1.29 is 14.6 Å². The fourth-order valence-electron chi connectivity index (χ4n) is 2.69. The predicted molar refractivity (Wildman–Crippen MR) is 109 cm³/mol. The van der Waals surface area contributed by atoms with Gasteiger partial charge in [0.1, 0.15) is 5.75 Å². The van der Waals surface area contributed by atoms with E-state index in [1.54, 1.807) is 0 Å². The Hall–Kier alpha value is -3.04. The summed E-state index contributed by atoms with van der Waals surface area (Å²) in [5, 5.41) is 22.8. The molecule has 148 valence electrons. The molecule has 2 aromatic rings. The van der Waals surface area contributed by atoms with E-state index in [1.165, 1.54) is 0 Å². The first-order valence-corrected chi connectivity index (χ1v) is 9.59. The number of nitriles is 1. The third-order valence-electron chi connectivity index (χ3n) is 4.22. The van der Waals surface area contributed by atoms with Crippen LogP contribution >= 0.6 is 0 Å². The topological polar surface area (TPSA) is 94.4 Å². The Balaban J connectivity index is 1.58. The lowest BCUT2D eigenvalue weighted by atomic mass is 10.0. The van der Waals surface area contributed by atoms with E-state index in [-0.39, 0.29) is 19.2 Å². The maximum Gasteiger partial charge on any atom is 0.314 e. The van der Waals surface area contributed by atoms with Gasteiger partial charge in [-0.25, -0.2) is 4.79 Å². The molecule has 2 rings (SSSR count). The van der Waals surface area contributed by atoms with Crippen LogP contribution in [0.2, 0.25) is 0 Å². The normalized spacial score (nSPS) is 10.1. The Kier molecular flexibility index (Phi) is 9.39. The van der Waals surface area contributed by atoms with Gasteiger partial charge in [-0.2, -0.15) is 5.26 Å². The minimum atomic E-state index is -0.234. The van der Waals surface area contributed by atoms with Gasteiger partial charge in [0, 0.05) is 13.1 Å². The molecule has 0 saturated heterocycles. The fraction of sp³-hybridized carbons (Fsp3) is 0.364. The van der Waals surface area contributed by atoms with Crippen LogP contribution in [0.1, 0.15) is 31.2 Å². The molecule has 0 heterocycles. The van der Waals surface area contributed by atoms with Gasteiger partial charge in [0.15, 0.2) is 0 Å². The van der Waals surface area contributed by atoms with Gasteiger partial charge in [-0.05, 0) is 48.2 Å². The van der Waals surface area contributed by atoms with E-state index in [4.69, 9.17) is 15.1 Å². The molecule has 0 spiro atoms. The number of hydrogen-bond acceptors (Lipinski definition) is 4. The standard InChI is InChI=1S/C22H27N3O3/c23-17-18-5-7-19(8-6-18)20-9-11-21(12-10-20)28-16-4-2-1-3-13-24-22(27)25-14-15-26/h5-12,26H,1-4,13-16H2,(H2,24,25,27). The smallest absolute Gasteiger partial charge is 0.314 e. The molecule has 28 heavy (non-hydrogen) atoms. The molecule has 0 saturated carbocycles. The van der Waals surface area contributed by atoms with Crippen molar-refractivity contribution >= 4 is 6.03 Å². The van der Waals surface area contributed by atoms with Crippen LogP contribution in [0.25, 0.3) is 11.1 Å². The number of hydrogen-bond donors (Lipinski definition) is 3. The summed E-state index contributed by atoms with van der Waals surface area (Å²) in [5.41, 5.74) is 2.82. The summed E-state index contributed by atoms with van der Waals surface area (Å²) < 4.78 is 5.78. The first kappa shape index (κ1) is 21.3. The fourth-order valence-corrected chi connectivity index (χ4v) is 2.69. The summed E-state index contributed by atoms with van der Waals surface area (Å²) in [6, 6.07) is 17.4. The van der Waals surface area contributed by atoms with Gasteiger partial charge < -0.3 is 20.5 Å². The minimum Gasteiger partial charge on any atom is -0.494 e. The molecular weight excluding hydrogens is 354 g/mol. The van der Waals surface area contributed by atoms with Crippen molar-refractivity contribution in [3.8, 4) is 22.9 Å². The molecule has 0 aromatic heterocycles. The molecule has 0 radical (unpaired) electrons. The van der Waals surface area contributed by atoms with Crippen LogP contribution in [0.15, 0.2) is 48.5 Å². The van der Waals surface area contributed by atoms with Gasteiger partial charge in [0.05, 0.1) is 24.8 Å². The van der Waals surface area contributed by atoms with Crippen molar-refractivity contribution in [3.63, 3.8) is 0 Å². The highest BCUT2D eigenvalue weighted by Gasteiger charge is 2.00. The summed E-state index contributed by atoms with van der Waals surface area (Å²) in [5.74, 6) is 0.847. The van der Waals surface area contributed by atoms with E-state index in [0.717, 1.165) is 42.6 Å². The van der Waals surface area contributed by atoms with Gasteiger partial charge in [-0.1, -0.05) is 37.1 Å². The second-order valence-electron chi connectivity index (χ2n) is 6.38. The van der Waals surface area contributed by atoms with E-state index in [2.05, 4.69) is 16.7 Å². The Labute approximate surface area is 166 Å². The van der Waals surface area contributed by atoms with E-state index in [9.17, 15) is 4.79 Å². The molecule has 0 fully saturated rings. The Morgan fingerprint density at radius 2 is 1.50 bits per heavy atom. The lowest BCUT2D eigenvalue weighted by Gasteiger charge is -2.08. The summed E-state index contributed by atoms with van der Waals surface area (Å²) in [4.78, 5) is 11.3. The molecule has 0 bridgehead atoms. The van der Waals surface area contributed by atoms with Crippen molar-refractivity contribution in [1.29, 1.82) is 5.26 Å². The van der Waals surface area contributed by atoms with Gasteiger partial charge >= 0.3 is 6.03 Å². The number of nitrogens with zero attached hydrogens (tertiary/aromatic N) is 1. The zero-order valence-electron chi connectivity index (χ0n) is 16.0. The predicted octanol–water partition coefficient (Wildman–Crippen LogP) is 3.46. The zero-order valence-corrected chi connectivity index (χ0v) is 16.0. The number of carbonyl (C=O) groups is 1. The Morgan fingerprint density at radius 3 is 2.14 bits per heavy atom. The van der Waals surface area contributed by atoms with Crippen molar-refractivity contribution in [2.75, 3.05) is 26.3 Å². The second-order valence-corrected chi connectivity index (χ2v) is 6.38. The Bertz CT molecular complexity index is 752. The summed E-state index contributed by atoms with van der Waals surface area (Å²) in [6.45, 7) is 1.53. The first-order valence-electron chi connectivity index (χ1n) is 9.59. The van der Waals surface area contributed by atoms with Crippen LogP contribution in [0.3, 0.4) is 0 Å². The van der Waals surface area contributed by atoms with E-state index < -0.39 is 0 Å². The van der Waals surface area contributed by atoms with Crippen LogP contribution in [-0.2, 0) is 0 Å². The highest BCUT2D eigenvalue weighted by molar-refractivity contribution is 5.73. The van der Waals surface area contributed by atoms with Crippen molar-refractivity contribution in [2.24, 2.45) is 0 Å². The molecule has 0 aliphatic rings. The average Bonchev–Trinajstić information content (AvgIpc) is 2.74. The maximum absolute atomic E-state index is 11.3. The number of aliphatic hydroxyl groups excluding tert-OH is 1. The quantitative estimate of drug-likeness (QED) is 0.520. The van der Waals surface area contributed by atoms with Crippen molar-refractivity contribution in [1.82, 2.24) is 10.6 Å². The van der Waals surface area contributed by atoms with Gasteiger partial charge in [-0.3, -0.25) is 0 Å². The maximum atomic E-state index is 11.3. The third-order valence-corrected chi connectivity index (χ3v) is 4.22. The molecule has 6 heteroatoms. The molecular formula is C22H27N3O3. The monoisotopic (exact) mass is 381 g/mol. The second kappa shape index (κ2) is 12.4. The van der Waals surface area contributed by atoms with Crippen LogP contribution < -0.4 is 15.4 Å². The lowest BCUT2D eigenvalue weighted by Crippen LogP contribution is -2.37. The van der Waals surface area contributed by atoms with Crippen LogP contribution in [-0.4, -0.2) is 37.4 Å². The molecule has 6 nitrogen and oxygen atoms in total. The SMILES string of the molecule is N#Cc1ccc(-c2ccc(OCCCCCCNC(=O)NCCO)cc2)cc1. The largest absolute Gasteiger partial charge is 0.494 e. The number of ether oxygens (including phenoxy) is 1. The van der Waals surface area contributed by atoms with E-state index in [1.807, 2.05) is 48.5 Å². The first-order chi connectivity index (χ1) is 13.7. The van der Waals surface area contributed by atoms with Crippen molar-refractivity contribution in [2.45, 2.75) is 25.7 Å². The van der Waals surface area contributed by atoms with Crippen LogP contribution in [0.5, 0.6) is 5.75 Å². The number of urea groups is 1. The zero-order chi connectivity index (χ0) is 20.0. The summed E-state index contributed by atoms with van der Waals surface area (Å²) in [7, 11) is 0. The summed E-state index contributed by atoms with van der Waals surface area (Å²) in [6.07, 6.45) is 3.96. The molecule has 2 amide bonds. The number of rotatable bonds is 11. The number of unbranched alkanes of at least 4 members (excludes halogenated alkanes) is 3. The number of amides is 2. The Morgan fingerprint density at radius 1 is 0.893 bits per heavy atom. The number of aliphatic hydroxyl groups is 1. The highest BCUT2D eigenvalue weighted by atomic mass is 16.5. The third kappa shape index (κ3) is 7.68. The molecule has 0 atom stereocenters. The van der Waals surface area contributed by atoms with Gasteiger partial charge in [0.2, 0.25) is 0 Å². The lowest BCUT2D eigenvalue weighted by molar-refractivity contribution is 0.234. The average molecular weight is 381 g/mol. The van der Waals surface area contributed by atoms with Gasteiger partial charge in [0.25, 0.3) is 0 Å². The molecule has 2 aromatic carbocycles. The molecule has 0 unspecified atom stereocenters. The summed E-state index contributed by atoms with van der Waals surface area (Å²) >= 11 is 0. The molecule has 3 N–H and O–H groups in total. The number of nitrogens with one attached hydrogen (secondary N) is 2. The van der Waals surface area contributed by atoms with Gasteiger partial charge in [-0.15, -0.1) is 0 Å². The highest BCUT2D eigenvalue weighted by Crippen LogP contribution is 2.23. The molecule has 0 aliphatic carbocycles. The number of benzene rings is 2. The van der Waals surface area contributed by atoms with Crippen LogP contribution in [0, 0.1) is 11.3 Å².